The van der Waals surface area contributed by atoms with Gasteiger partial charge in [0.25, 0.3) is 0 Å². The van der Waals surface area contributed by atoms with Crippen LogP contribution >= 0.6 is 0 Å². The third kappa shape index (κ3) is 2.61. The molecule has 3 rings (SSSR count). The van der Waals surface area contributed by atoms with E-state index in [0.29, 0.717) is 6.04 Å². The first-order valence-corrected chi connectivity index (χ1v) is 8.06. The summed E-state index contributed by atoms with van der Waals surface area (Å²) in [5, 5.41) is 3.72. The summed E-state index contributed by atoms with van der Waals surface area (Å²) in [6.07, 6.45) is 9.45. The van der Waals surface area contributed by atoms with Crippen molar-refractivity contribution in [1.82, 2.24) is 15.2 Å². The zero-order valence-corrected chi connectivity index (χ0v) is 13.0. The van der Waals surface area contributed by atoms with E-state index >= 15 is 0 Å². The molecule has 1 N–H and O–H groups in total. The first kappa shape index (κ1) is 14.0. The summed E-state index contributed by atoms with van der Waals surface area (Å²) >= 11 is 0. The van der Waals surface area contributed by atoms with Gasteiger partial charge in [-0.2, -0.15) is 0 Å². The monoisotopic (exact) mass is 273 g/mol. The Hall–Kier alpha value is -0.930. The highest BCUT2D eigenvalue weighted by molar-refractivity contribution is 5.21. The molecule has 2 aliphatic heterocycles. The second-order valence-electron chi connectivity index (χ2n) is 6.61. The van der Waals surface area contributed by atoms with E-state index in [2.05, 4.69) is 48.4 Å². The molecule has 1 aromatic heterocycles. The first-order chi connectivity index (χ1) is 9.69. The van der Waals surface area contributed by atoms with Gasteiger partial charge in [0.15, 0.2) is 0 Å². The van der Waals surface area contributed by atoms with Gasteiger partial charge in [0.05, 0.1) is 0 Å². The van der Waals surface area contributed by atoms with Gasteiger partial charge in [-0.3, -0.25) is 4.98 Å². The minimum Gasteiger partial charge on any atom is -0.310 e. The van der Waals surface area contributed by atoms with E-state index in [9.17, 15) is 0 Å². The maximum Gasteiger partial charge on any atom is 0.0365 e. The van der Waals surface area contributed by atoms with Crippen molar-refractivity contribution in [3.05, 3.63) is 29.6 Å². The minimum atomic E-state index is 0.476. The largest absolute Gasteiger partial charge is 0.310 e. The third-order valence-electron chi connectivity index (χ3n) is 5.29. The standard InChI is InChI=1S/C17H27N3/c1-4-19-17(14-7-12(2)10-18-11-14)13-8-15-5-6-16(9-13)20(15)3/h7,10-11,13,15-17,19H,4-6,8-9H2,1-3H3. The molecule has 2 aliphatic rings. The Morgan fingerprint density at radius 2 is 2.00 bits per heavy atom. The Kier molecular flexibility index (Phi) is 4.08. The van der Waals surface area contributed by atoms with E-state index in [0.717, 1.165) is 24.5 Å². The number of hydrogen-bond donors (Lipinski definition) is 1. The van der Waals surface area contributed by atoms with E-state index in [-0.39, 0.29) is 0 Å². The van der Waals surface area contributed by atoms with Crippen LogP contribution in [0.25, 0.3) is 0 Å². The summed E-state index contributed by atoms with van der Waals surface area (Å²) in [7, 11) is 2.31. The molecular weight excluding hydrogens is 246 g/mol. The normalized spacial score (nSPS) is 31.4. The van der Waals surface area contributed by atoms with Crippen molar-refractivity contribution in [3.63, 3.8) is 0 Å². The van der Waals surface area contributed by atoms with Crippen molar-refractivity contribution in [3.8, 4) is 0 Å². The lowest BCUT2D eigenvalue weighted by Crippen LogP contribution is -2.43. The summed E-state index contributed by atoms with van der Waals surface area (Å²) in [6.45, 7) is 5.37. The van der Waals surface area contributed by atoms with E-state index in [1.807, 2.05) is 6.20 Å². The second-order valence-corrected chi connectivity index (χ2v) is 6.61. The average molecular weight is 273 g/mol. The van der Waals surface area contributed by atoms with Crippen LogP contribution in [0.2, 0.25) is 0 Å². The number of pyridine rings is 1. The predicted octanol–water partition coefficient (Wildman–Crippen LogP) is 2.91. The van der Waals surface area contributed by atoms with Crippen molar-refractivity contribution in [1.29, 1.82) is 0 Å². The fourth-order valence-electron chi connectivity index (χ4n) is 4.25. The van der Waals surface area contributed by atoms with Gasteiger partial charge in [-0.15, -0.1) is 0 Å². The molecule has 0 aliphatic carbocycles. The van der Waals surface area contributed by atoms with Crippen LogP contribution in [0.4, 0.5) is 0 Å². The van der Waals surface area contributed by atoms with E-state index in [1.54, 1.807) is 0 Å². The van der Waals surface area contributed by atoms with Gasteiger partial charge in [0.1, 0.15) is 0 Å². The minimum absolute atomic E-state index is 0.476. The molecule has 3 atom stereocenters. The third-order valence-corrected chi connectivity index (χ3v) is 5.29. The van der Waals surface area contributed by atoms with Gasteiger partial charge in [0.2, 0.25) is 0 Å². The Morgan fingerprint density at radius 1 is 1.30 bits per heavy atom. The number of nitrogens with one attached hydrogen (secondary N) is 1. The summed E-state index contributed by atoms with van der Waals surface area (Å²) in [6, 6.07) is 4.39. The SMILES string of the molecule is CCNC(c1cncc(C)c1)C1CC2CCC(C1)N2C. The topological polar surface area (TPSA) is 28.2 Å². The van der Waals surface area contributed by atoms with Crippen LogP contribution in [0.5, 0.6) is 0 Å². The average Bonchev–Trinajstić information content (AvgIpc) is 2.66. The molecule has 0 amide bonds. The molecule has 0 radical (unpaired) electrons. The van der Waals surface area contributed by atoms with Gasteiger partial charge < -0.3 is 10.2 Å². The van der Waals surface area contributed by atoms with Crippen LogP contribution in [0.3, 0.4) is 0 Å². The van der Waals surface area contributed by atoms with Gasteiger partial charge in [-0.1, -0.05) is 13.0 Å². The summed E-state index contributed by atoms with van der Waals surface area (Å²) in [5.74, 6) is 0.757. The van der Waals surface area contributed by atoms with Gasteiger partial charge in [-0.25, -0.2) is 0 Å². The molecule has 110 valence electrons. The maximum absolute atomic E-state index is 4.40. The summed E-state index contributed by atoms with van der Waals surface area (Å²) in [4.78, 5) is 7.02. The molecule has 3 nitrogen and oxygen atoms in total. The number of nitrogens with zero attached hydrogens (tertiary/aromatic N) is 2. The Morgan fingerprint density at radius 3 is 2.60 bits per heavy atom. The quantitative estimate of drug-likeness (QED) is 0.914. The van der Waals surface area contributed by atoms with E-state index in [1.165, 1.54) is 36.8 Å². The van der Waals surface area contributed by atoms with Crippen LogP contribution in [0.15, 0.2) is 18.5 Å². The van der Waals surface area contributed by atoms with Crippen LogP contribution in [0, 0.1) is 12.8 Å². The lowest BCUT2D eigenvalue weighted by Gasteiger charge is -2.40. The number of piperidine rings is 1. The Bertz CT molecular complexity index is 445. The lowest BCUT2D eigenvalue weighted by molar-refractivity contribution is 0.113. The Balaban J connectivity index is 1.81. The fourth-order valence-corrected chi connectivity index (χ4v) is 4.25. The van der Waals surface area contributed by atoms with E-state index in [4.69, 9.17) is 0 Å². The highest BCUT2D eigenvalue weighted by atomic mass is 15.2. The van der Waals surface area contributed by atoms with Crippen molar-refractivity contribution in [2.45, 2.75) is 57.7 Å². The van der Waals surface area contributed by atoms with Gasteiger partial charge in [0, 0.05) is 30.5 Å². The molecule has 3 unspecified atom stereocenters. The van der Waals surface area contributed by atoms with Gasteiger partial charge in [-0.05, 0) is 63.2 Å². The molecule has 3 heteroatoms. The molecule has 2 fully saturated rings. The molecule has 0 spiro atoms. The summed E-state index contributed by atoms with van der Waals surface area (Å²) < 4.78 is 0. The predicted molar refractivity (Wildman–Crippen MR) is 82.7 cm³/mol. The zero-order valence-electron chi connectivity index (χ0n) is 13.0. The zero-order chi connectivity index (χ0) is 14.1. The molecule has 20 heavy (non-hydrogen) atoms. The van der Waals surface area contributed by atoms with Crippen LogP contribution in [-0.2, 0) is 0 Å². The first-order valence-electron chi connectivity index (χ1n) is 8.06. The number of aromatic nitrogens is 1. The number of fused-ring (bicyclic) bond motifs is 2. The number of rotatable bonds is 4. The molecule has 2 bridgehead atoms. The van der Waals surface area contributed by atoms with E-state index < -0.39 is 0 Å². The molecular formula is C17H27N3. The smallest absolute Gasteiger partial charge is 0.0365 e. The Labute approximate surface area is 122 Å². The van der Waals surface area contributed by atoms with Crippen LogP contribution in [-0.4, -0.2) is 35.6 Å². The fraction of sp³-hybridized carbons (Fsp3) is 0.706. The van der Waals surface area contributed by atoms with Gasteiger partial charge >= 0.3 is 0 Å². The lowest BCUT2D eigenvalue weighted by atomic mass is 9.82. The second kappa shape index (κ2) is 5.82. The highest BCUT2D eigenvalue weighted by Gasteiger charge is 2.41. The number of aryl methyl sites for hydroxylation is 1. The summed E-state index contributed by atoms with van der Waals surface area (Å²) in [5.41, 5.74) is 2.64. The number of hydrogen-bond acceptors (Lipinski definition) is 3. The molecule has 0 saturated carbocycles. The molecule has 2 saturated heterocycles. The van der Waals surface area contributed by atoms with Crippen molar-refractivity contribution in [2.75, 3.05) is 13.6 Å². The highest BCUT2D eigenvalue weighted by Crippen LogP contribution is 2.42. The van der Waals surface area contributed by atoms with Crippen LogP contribution < -0.4 is 5.32 Å². The van der Waals surface area contributed by atoms with Crippen LogP contribution in [0.1, 0.15) is 49.8 Å². The molecule has 0 aromatic carbocycles. The molecule has 3 heterocycles. The maximum atomic E-state index is 4.40. The molecule has 1 aromatic rings. The van der Waals surface area contributed by atoms with Crippen molar-refractivity contribution < 1.29 is 0 Å². The van der Waals surface area contributed by atoms with Crippen molar-refractivity contribution >= 4 is 0 Å². The van der Waals surface area contributed by atoms with Crippen molar-refractivity contribution in [2.24, 2.45) is 5.92 Å².